The van der Waals surface area contributed by atoms with E-state index in [0.29, 0.717) is 5.88 Å². The van der Waals surface area contributed by atoms with E-state index in [4.69, 9.17) is 11.6 Å². The SMILES string of the molecule is CCn1cc(Cn2nc(C)c(CCl)c2C)cn1. The molecular formula is C12H17ClN4. The molecule has 17 heavy (non-hydrogen) atoms. The number of nitrogens with zero attached hydrogens (tertiary/aromatic N) is 4. The summed E-state index contributed by atoms with van der Waals surface area (Å²) in [5.74, 6) is 0.520. The molecular weight excluding hydrogens is 236 g/mol. The van der Waals surface area contributed by atoms with Gasteiger partial charge < -0.3 is 0 Å². The highest BCUT2D eigenvalue weighted by Crippen LogP contribution is 2.16. The van der Waals surface area contributed by atoms with Crippen molar-refractivity contribution in [1.29, 1.82) is 0 Å². The van der Waals surface area contributed by atoms with Crippen LogP contribution < -0.4 is 0 Å². The van der Waals surface area contributed by atoms with Crippen molar-refractivity contribution in [3.05, 3.63) is 34.9 Å². The number of hydrogen-bond acceptors (Lipinski definition) is 2. The first-order valence-electron chi connectivity index (χ1n) is 5.75. The Hall–Kier alpha value is -1.29. The van der Waals surface area contributed by atoms with E-state index in [0.717, 1.165) is 30.0 Å². The third kappa shape index (κ3) is 2.36. The van der Waals surface area contributed by atoms with E-state index in [1.54, 1.807) is 0 Å². The predicted molar refractivity (Wildman–Crippen MR) is 68.3 cm³/mol. The molecule has 0 N–H and O–H groups in total. The number of aromatic nitrogens is 4. The fourth-order valence-corrected chi connectivity index (χ4v) is 2.30. The molecule has 0 aliphatic heterocycles. The van der Waals surface area contributed by atoms with Crippen LogP contribution in [0.1, 0.15) is 29.4 Å². The lowest BCUT2D eigenvalue weighted by atomic mass is 10.2. The first-order valence-corrected chi connectivity index (χ1v) is 6.29. The van der Waals surface area contributed by atoms with Crippen LogP contribution >= 0.6 is 11.6 Å². The van der Waals surface area contributed by atoms with E-state index in [2.05, 4.69) is 30.2 Å². The molecule has 2 aromatic rings. The van der Waals surface area contributed by atoms with Gasteiger partial charge in [0, 0.05) is 29.6 Å². The minimum absolute atomic E-state index is 0.520. The average molecular weight is 253 g/mol. The Bertz CT molecular complexity index is 513. The molecule has 2 aromatic heterocycles. The molecule has 0 aliphatic carbocycles. The van der Waals surface area contributed by atoms with Gasteiger partial charge in [0.05, 0.1) is 24.3 Å². The van der Waals surface area contributed by atoms with Crippen LogP contribution in [0.3, 0.4) is 0 Å². The van der Waals surface area contributed by atoms with E-state index in [1.807, 2.05) is 22.5 Å². The molecule has 0 saturated carbocycles. The van der Waals surface area contributed by atoms with Crippen LogP contribution in [0.5, 0.6) is 0 Å². The summed E-state index contributed by atoms with van der Waals surface area (Å²) in [6.07, 6.45) is 3.94. The second-order valence-corrected chi connectivity index (χ2v) is 4.41. The van der Waals surface area contributed by atoms with Crippen LogP contribution in [0.2, 0.25) is 0 Å². The summed E-state index contributed by atoms with van der Waals surface area (Å²) >= 11 is 5.91. The fourth-order valence-electron chi connectivity index (χ4n) is 1.92. The van der Waals surface area contributed by atoms with E-state index < -0.39 is 0 Å². The first-order chi connectivity index (χ1) is 8.15. The summed E-state index contributed by atoms with van der Waals surface area (Å²) < 4.78 is 3.91. The van der Waals surface area contributed by atoms with Gasteiger partial charge in [-0.2, -0.15) is 10.2 Å². The van der Waals surface area contributed by atoms with Crippen molar-refractivity contribution < 1.29 is 0 Å². The first kappa shape index (κ1) is 12.2. The van der Waals surface area contributed by atoms with Gasteiger partial charge in [-0.05, 0) is 20.8 Å². The molecule has 0 amide bonds. The zero-order chi connectivity index (χ0) is 12.4. The quantitative estimate of drug-likeness (QED) is 0.784. The molecule has 0 atom stereocenters. The largest absolute Gasteiger partial charge is 0.273 e. The molecule has 92 valence electrons. The predicted octanol–water partition coefficient (Wildman–Crippen LogP) is 2.50. The highest BCUT2D eigenvalue weighted by Gasteiger charge is 2.11. The van der Waals surface area contributed by atoms with Gasteiger partial charge in [0.2, 0.25) is 0 Å². The van der Waals surface area contributed by atoms with Crippen LogP contribution in [0, 0.1) is 13.8 Å². The molecule has 2 heterocycles. The molecule has 2 rings (SSSR count). The van der Waals surface area contributed by atoms with Crippen LogP contribution in [-0.4, -0.2) is 19.6 Å². The van der Waals surface area contributed by atoms with Gasteiger partial charge in [0.15, 0.2) is 0 Å². The lowest BCUT2D eigenvalue weighted by Gasteiger charge is -2.02. The van der Waals surface area contributed by atoms with E-state index >= 15 is 0 Å². The molecule has 0 aliphatic rings. The van der Waals surface area contributed by atoms with Gasteiger partial charge in [0.1, 0.15) is 0 Å². The standard InChI is InChI=1S/C12H17ClN4/c1-4-16-7-11(6-14-16)8-17-10(3)12(5-13)9(2)15-17/h6-7H,4-5,8H2,1-3H3. The lowest BCUT2D eigenvalue weighted by Crippen LogP contribution is -2.03. The normalized spacial score (nSPS) is 11.1. The van der Waals surface area contributed by atoms with Gasteiger partial charge >= 0.3 is 0 Å². The Morgan fingerprint density at radius 1 is 1.35 bits per heavy atom. The topological polar surface area (TPSA) is 35.6 Å². The van der Waals surface area contributed by atoms with Crippen LogP contribution in [0.25, 0.3) is 0 Å². The molecule has 0 aromatic carbocycles. The average Bonchev–Trinajstić information content (AvgIpc) is 2.86. The summed E-state index contributed by atoms with van der Waals surface area (Å²) in [5, 5.41) is 8.77. The van der Waals surface area contributed by atoms with Gasteiger partial charge in [-0.15, -0.1) is 11.6 Å². The third-order valence-electron chi connectivity index (χ3n) is 3.01. The van der Waals surface area contributed by atoms with Crippen molar-refractivity contribution in [2.24, 2.45) is 0 Å². The summed E-state index contributed by atoms with van der Waals surface area (Å²) in [4.78, 5) is 0. The van der Waals surface area contributed by atoms with E-state index in [-0.39, 0.29) is 0 Å². The summed E-state index contributed by atoms with van der Waals surface area (Å²) in [7, 11) is 0. The zero-order valence-electron chi connectivity index (χ0n) is 10.4. The fraction of sp³-hybridized carbons (Fsp3) is 0.500. The Labute approximate surface area is 106 Å². The number of hydrogen-bond donors (Lipinski definition) is 0. The van der Waals surface area contributed by atoms with Gasteiger partial charge in [-0.25, -0.2) is 0 Å². The highest BCUT2D eigenvalue weighted by atomic mass is 35.5. The number of aryl methyl sites for hydroxylation is 2. The maximum atomic E-state index is 5.91. The van der Waals surface area contributed by atoms with Gasteiger partial charge in [0.25, 0.3) is 0 Å². The van der Waals surface area contributed by atoms with Crippen molar-refractivity contribution in [3.63, 3.8) is 0 Å². The van der Waals surface area contributed by atoms with Gasteiger partial charge in [-0.3, -0.25) is 9.36 Å². The van der Waals surface area contributed by atoms with E-state index in [1.165, 1.54) is 5.56 Å². The molecule has 0 fully saturated rings. The van der Waals surface area contributed by atoms with E-state index in [9.17, 15) is 0 Å². The Morgan fingerprint density at radius 2 is 2.12 bits per heavy atom. The Morgan fingerprint density at radius 3 is 2.65 bits per heavy atom. The van der Waals surface area contributed by atoms with Crippen molar-refractivity contribution in [2.75, 3.05) is 0 Å². The summed E-state index contributed by atoms with van der Waals surface area (Å²) in [5.41, 5.74) is 4.45. The monoisotopic (exact) mass is 252 g/mol. The highest BCUT2D eigenvalue weighted by molar-refractivity contribution is 6.17. The van der Waals surface area contributed by atoms with Crippen molar-refractivity contribution >= 4 is 11.6 Å². The maximum absolute atomic E-state index is 5.91. The molecule has 5 heteroatoms. The molecule has 0 spiro atoms. The maximum Gasteiger partial charge on any atom is 0.0693 e. The smallest absolute Gasteiger partial charge is 0.0693 e. The molecule has 0 radical (unpaired) electrons. The summed E-state index contributed by atoms with van der Waals surface area (Å²) in [6, 6.07) is 0. The minimum atomic E-state index is 0.520. The zero-order valence-corrected chi connectivity index (χ0v) is 11.2. The van der Waals surface area contributed by atoms with Crippen molar-refractivity contribution in [3.8, 4) is 0 Å². The summed E-state index contributed by atoms with van der Waals surface area (Å²) in [6.45, 7) is 7.78. The van der Waals surface area contributed by atoms with Crippen LogP contribution in [0.15, 0.2) is 12.4 Å². The number of alkyl halides is 1. The minimum Gasteiger partial charge on any atom is -0.273 e. The Balaban J connectivity index is 2.24. The lowest BCUT2D eigenvalue weighted by molar-refractivity contribution is 0.647. The van der Waals surface area contributed by atoms with Crippen molar-refractivity contribution in [2.45, 2.75) is 39.7 Å². The second kappa shape index (κ2) is 4.92. The second-order valence-electron chi connectivity index (χ2n) is 4.14. The molecule has 0 saturated heterocycles. The molecule has 0 bridgehead atoms. The Kier molecular flexibility index (Phi) is 3.52. The molecule has 0 unspecified atom stereocenters. The van der Waals surface area contributed by atoms with Crippen LogP contribution in [0.4, 0.5) is 0 Å². The molecule has 4 nitrogen and oxygen atoms in total. The third-order valence-corrected chi connectivity index (χ3v) is 3.28. The number of halogens is 1. The van der Waals surface area contributed by atoms with Crippen molar-refractivity contribution in [1.82, 2.24) is 19.6 Å². The van der Waals surface area contributed by atoms with Gasteiger partial charge in [-0.1, -0.05) is 0 Å². The number of rotatable bonds is 4. The van der Waals surface area contributed by atoms with Crippen LogP contribution in [-0.2, 0) is 19.0 Å².